The van der Waals surface area contributed by atoms with Gasteiger partial charge >= 0.3 is 0 Å². The predicted octanol–water partition coefficient (Wildman–Crippen LogP) is 6.16. The van der Waals surface area contributed by atoms with Gasteiger partial charge in [-0.3, -0.25) is 0 Å². The molecule has 0 spiro atoms. The molecule has 0 amide bonds. The minimum atomic E-state index is -0.00950. The van der Waals surface area contributed by atoms with Gasteiger partial charge in [0.05, 0.1) is 10.5 Å². The number of aryl methyl sites for hydroxylation is 1. The van der Waals surface area contributed by atoms with Crippen LogP contribution in [0, 0.1) is 0 Å². The number of halogens is 2. The topological polar surface area (TPSA) is 60.7 Å². The molecule has 2 N–H and O–H groups in total. The summed E-state index contributed by atoms with van der Waals surface area (Å²) in [5.74, 6) is -0.00950. The number of rotatable bonds is 3. The van der Waals surface area contributed by atoms with Gasteiger partial charge in [0, 0.05) is 10.4 Å². The molecule has 0 aliphatic rings. The van der Waals surface area contributed by atoms with Crippen LogP contribution in [0.25, 0.3) is 10.9 Å². The Morgan fingerprint density at radius 1 is 1.14 bits per heavy atom. The summed E-state index contributed by atoms with van der Waals surface area (Å²) < 4.78 is 0. The van der Waals surface area contributed by atoms with Gasteiger partial charge in [0.15, 0.2) is 5.69 Å². The Morgan fingerprint density at radius 2 is 1.95 bits per heavy atom. The van der Waals surface area contributed by atoms with E-state index in [2.05, 4.69) is 22.1 Å². The molecule has 6 heteroatoms. The Kier molecular flexibility index (Phi) is 4.05. The number of aromatic hydroxyl groups is 1. The Balaban J connectivity index is 2.07. The van der Waals surface area contributed by atoms with Gasteiger partial charge in [-0.2, -0.15) is 0 Å². The van der Waals surface area contributed by atoms with Crippen LogP contribution >= 0.6 is 23.2 Å². The number of nitrogens with zero attached hydrogens (tertiary/aromatic N) is 2. The van der Waals surface area contributed by atoms with E-state index in [-0.39, 0.29) is 5.88 Å². The molecule has 3 aromatic rings. The van der Waals surface area contributed by atoms with Crippen molar-refractivity contribution in [2.24, 2.45) is 10.2 Å². The van der Waals surface area contributed by atoms with Crippen LogP contribution in [0.15, 0.2) is 46.6 Å². The fourth-order valence-electron chi connectivity index (χ4n) is 2.31. The fourth-order valence-corrected chi connectivity index (χ4v) is 2.76. The first-order chi connectivity index (χ1) is 10.6. The lowest BCUT2D eigenvalue weighted by Crippen LogP contribution is -1.80. The van der Waals surface area contributed by atoms with E-state index in [9.17, 15) is 5.11 Å². The second-order valence-electron chi connectivity index (χ2n) is 4.81. The third-order valence-electron chi connectivity index (χ3n) is 3.42. The summed E-state index contributed by atoms with van der Waals surface area (Å²) in [4.78, 5) is 2.95. The largest absolute Gasteiger partial charge is 0.493 e. The van der Waals surface area contributed by atoms with Crippen LogP contribution in [0.5, 0.6) is 5.88 Å². The van der Waals surface area contributed by atoms with E-state index in [4.69, 9.17) is 23.2 Å². The van der Waals surface area contributed by atoms with Gasteiger partial charge in [0.1, 0.15) is 5.69 Å². The van der Waals surface area contributed by atoms with E-state index >= 15 is 0 Å². The molecule has 0 unspecified atom stereocenters. The monoisotopic (exact) mass is 333 g/mol. The van der Waals surface area contributed by atoms with Gasteiger partial charge in [-0.15, -0.1) is 10.2 Å². The molecule has 0 aliphatic carbocycles. The second kappa shape index (κ2) is 5.99. The Labute approximate surface area is 137 Å². The first-order valence-corrected chi connectivity index (χ1v) is 7.55. The van der Waals surface area contributed by atoms with Crippen molar-refractivity contribution >= 4 is 45.5 Å². The molecule has 1 aromatic heterocycles. The minimum absolute atomic E-state index is 0.00950. The predicted molar refractivity (Wildman–Crippen MR) is 90.0 cm³/mol. The van der Waals surface area contributed by atoms with E-state index in [1.54, 1.807) is 18.2 Å². The molecule has 0 bridgehead atoms. The molecular weight excluding hydrogens is 321 g/mol. The van der Waals surface area contributed by atoms with Gasteiger partial charge in [0.25, 0.3) is 0 Å². The number of para-hydroxylation sites is 1. The first kappa shape index (κ1) is 14.9. The van der Waals surface area contributed by atoms with Crippen molar-refractivity contribution < 1.29 is 5.11 Å². The molecule has 1 heterocycles. The van der Waals surface area contributed by atoms with Crippen LogP contribution in [-0.2, 0) is 6.42 Å². The van der Waals surface area contributed by atoms with E-state index in [0.29, 0.717) is 21.4 Å². The molecule has 0 aliphatic heterocycles. The summed E-state index contributed by atoms with van der Waals surface area (Å²) in [5, 5.41) is 20.1. The van der Waals surface area contributed by atoms with E-state index in [1.807, 2.05) is 18.2 Å². The van der Waals surface area contributed by atoms with Crippen LogP contribution in [0.1, 0.15) is 12.5 Å². The van der Waals surface area contributed by atoms with Gasteiger partial charge in [-0.1, -0.05) is 48.3 Å². The zero-order valence-corrected chi connectivity index (χ0v) is 13.3. The number of H-pyrrole nitrogens is 1. The smallest absolute Gasteiger partial charge is 0.218 e. The van der Waals surface area contributed by atoms with Gasteiger partial charge in [-0.05, 0) is 30.2 Å². The van der Waals surface area contributed by atoms with Crippen molar-refractivity contribution in [1.82, 2.24) is 4.98 Å². The van der Waals surface area contributed by atoms with Crippen LogP contribution < -0.4 is 0 Å². The zero-order chi connectivity index (χ0) is 15.7. The molecule has 22 heavy (non-hydrogen) atoms. The molecule has 0 saturated heterocycles. The first-order valence-electron chi connectivity index (χ1n) is 6.79. The van der Waals surface area contributed by atoms with Crippen LogP contribution in [-0.4, -0.2) is 10.1 Å². The van der Waals surface area contributed by atoms with Crippen molar-refractivity contribution in [2.75, 3.05) is 0 Å². The second-order valence-corrected chi connectivity index (χ2v) is 5.65. The molecule has 3 rings (SSSR count). The average Bonchev–Trinajstić information content (AvgIpc) is 2.82. The molecule has 112 valence electrons. The highest BCUT2D eigenvalue weighted by Gasteiger charge is 2.12. The summed E-state index contributed by atoms with van der Waals surface area (Å²) in [5.41, 5.74) is 2.88. The molecular formula is C16H13Cl2N3O. The fraction of sp³-hybridized carbons (Fsp3) is 0.125. The Bertz CT molecular complexity index is 871. The number of azo groups is 1. The maximum absolute atomic E-state index is 10.1. The summed E-state index contributed by atoms with van der Waals surface area (Å²) in [6.07, 6.45) is 0.858. The van der Waals surface area contributed by atoms with Crippen molar-refractivity contribution in [3.63, 3.8) is 0 Å². The van der Waals surface area contributed by atoms with Crippen molar-refractivity contribution in [3.05, 3.63) is 52.0 Å². The Morgan fingerprint density at radius 3 is 2.68 bits per heavy atom. The summed E-state index contributed by atoms with van der Waals surface area (Å²) in [6, 6.07) is 10.8. The standard InChI is InChI=1S/C16H13Cl2N3O/c1-2-9-4-3-5-11-14(9)19-16(22)15(11)21-20-13-7-6-10(17)8-12(13)18/h3-8,19,22H,2H2,1H3. The van der Waals surface area contributed by atoms with Crippen LogP contribution in [0.3, 0.4) is 0 Å². The highest BCUT2D eigenvalue weighted by atomic mass is 35.5. The van der Waals surface area contributed by atoms with Gasteiger partial charge in [0.2, 0.25) is 5.88 Å². The van der Waals surface area contributed by atoms with Gasteiger partial charge < -0.3 is 10.1 Å². The number of aromatic amines is 1. The Hall–Kier alpha value is -2.04. The van der Waals surface area contributed by atoms with Crippen molar-refractivity contribution in [1.29, 1.82) is 0 Å². The maximum Gasteiger partial charge on any atom is 0.218 e. The van der Waals surface area contributed by atoms with E-state index in [0.717, 1.165) is 22.9 Å². The molecule has 0 atom stereocenters. The third kappa shape index (κ3) is 2.67. The highest BCUT2D eigenvalue weighted by Crippen LogP contribution is 2.38. The highest BCUT2D eigenvalue weighted by molar-refractivity contribution is 6.36. The lowest BCUT2D eigenvalue weighted by atomic mass is 10.1. The quantitative estimate of drug-likeness (QED) is 0.554. The molecule has 4 nitrogen and oxygen atoms in total. The van der Waals surface area contributed by atoms with Gasteiger partial charge in [-0.25, -0.2) is 0 Å². The molecule has 0 saturated carbocycles. The van der Waals surface area contributed by atoms with E-state index in [1.165, 1.54) is 0 Å². The SMILES string of the molecule is CCc1cccc2c(N=Nc3ccc(Cl)cc3Cl)c(O)[nH]c12. The number of nitrogens with one attached hydrogen (secondary N) is 1. The lowest BCUT2D eigenvalue weighted by Gasteiger charge is -1.98. The van der Waals surface area contributed by atoms with Crippen LogP contribution in [0.4, 0.5) is 11.4 Å². The van der Waals surface area contributed by atoms with Crippen molar-refractivity contribution in [3.8, 4) is 5.88 Å². The van der Waals surface area contributed by atoms with Crippen LogP contribution in [0.2, 0.25) is 10.0 Å². The number of aromatic nitrogens is 1. The molecule has 2 aromatic carbocycles. The number of benzene rings is 2. The zero-order valence-electron chi connectivity index (χ0n) is 11.8. The molecule has 0 fully saturated rings. The lowest BCUT2D eigenvalue weighted by molar-refractivity contribution is 0.459. The number of hydrogen-bond donors (Lipinski definition) is 2. The summed E-state index contributed by atoms with van der Waals surface area (Å²) >= 11 is 11.9. The minimum Gasteiger partial charge on any atom is -0.493 e. The third-order valence-corrected chi connectivity index (χ3v) is 3.96. The average molecular weight is 334 g/mol. The number of fused-ring (bicyclic) bond motifs is 1. The summed E-state index contributed by atoms with van der Waals surface area (Å²) in [7, 11) is 0. The number of hydrogen-bond acceptors (Lipinski definition) is 3. The summed E-state index contributed by atoms with van der Waals surface area (Å²) in [6.45, 7) is 2.06. The van der Waals surface area contributed by atoms with Crippen molar-refractivity contribution in [2.45, 2.75) is 13.3 Å². The van der Waals surface area contributed by atoms with E-state index < -0.39 is 0 Å². The normalized spacial score (nSPS) is 11.6. The molecule has 0 radical (unpaired) electrons. The maximum atomic E-state index is 10.1.